The smallest absolute Gasteiger partial charge is 0.338 e. The molecule has 2 heterocycles. The minimum Gasteiger partial charge on any atom is -0.481 e. The molecule has 0 fully saturated rings. The Labute approximate surface area is 208 Å². The van der Waals surface area contributed by atoms with Crippen molar-refractivity contribution in [1.29, 1.82) is 0 Å². The monoisotopic (exact) mass is 490 g/mol. The fourth-order valence-electron chi connectivity index (χ4n) is 4.18. The molecule has 0 atom stereocenters. The standard InChI is InChI=1S/C27H27FN4O4/c1-5-36-27(34)18-8-6-10-20(14-18)29-23(33)13-12-22-16(2)24-17(3)31-32(25(24)30-26(22)35-4)21-11-7-9-19(28)15-21/h6-11,14-15H,5,12-13H2,1-4H3,(H,29,33). The number of ether oxygens (including phenoxy) is 2. The van der Waals surface area contributed by atoms with Crippen LogP contribution in [-0.4, -0.2) is 40.4 Å². The second kappa shape index (κ2) is 10.6. The van der Waals surface area contributed by atoms with Crippen molar-refractivity contribution in [2.45, 2.75) is 33.6 Å². The number of halogens is 1. The highest BCUT2D eigenvalue weighted by atomic mass is 19.1. The van der Waals surface area contributed by atoms with Gasteiger partial charge < -0.3 is 14.8 Å². The van der Waals surface area contributed by atoms with Crippen molar-refractivity contribution >= 4 is 28.6 Å². The van der Waals surface area contributed by atoms with Crippen molar-refractivity contribution in [3.63, 3.8) is 0 Å². The fourth-order valence-corrected chi connectivity index (χ4v) is 4.18. The van der Waals surface area contributed by atoms with E-state index in [1.165, 1.54) is 19.2 Å². The minimum absolute atomic E-state index is 0.172. The predicted octanol–water partition coefficient (Wildman–Crippen LogP) is 4.93. The first-order valence-electron chi connectivity index (χ1n) is 11.6. The van der Waals surface area contributed by atoms with E-state index in [0.29, 0.717) is 34.9 Å². The molecule has 9 heteroatoms. The number of carbonyl (C=O) groups is 2. The molecule has 1 amide bonds. The van der Waals surface area contributed by atoms with Crippen molar-refractivity contribution in [1.82, 2.24) is 14.8 Å². The molecule has 4 aromatic rings. The molecular weight excluding hydrogens is 463 g/mol. The SMILES string of the molecule is CCOC(=O)c1cccc(NC(=O)CCc2c(OC)nc3c(c(C)nn3-c3cccc(F)c3)c2C)c1. The van der Waals surface area contributed by atoms with E-state index >= 15 is 0 Å². The second-order valence-electron chi connectivity index (χ2n) is 8.25. The Kier molecular flexibility index (Phi) is 7.28. The van der Waals surface area contributed by atoms with E-state index in [0.717, 1.165) is 22.2 Å². The summed E-state index contributed by atoms with van der Waals surface area (Å²) in [5.74, 6) is -0.644. The summed E-state index contributed by atoms with van der Waals surface area (Å²) in [6.07, 6.45) is 0.553. The molecule has 186 valence electrons. The highest BCUT2D eigenvalue weighted by Crippen LogP contribution is 2.32. The molecule has 0 aliphatic carbocycles. The first kappa shape index (κ1) is 24.8. The fraction of sp³-hybridized carbons (Fsp3) is 0.259. The third kappa shape index (κ3) is 5.05. The first-order valence-corrected chi connectivity index (χ1v) is 11.6. The maximum Gasteiger partial charge on any atom is 0.338 e. The zero-order valence-corrected chi connectivity index (χ0v) is 20.6. The van der Waals surface area contributed by atoms with Gasteiger partial charge in [-0.3, -0.25) is 4.79 Å². The number of benzene rings is 2. The van der Waals surface area contributed by atoms with Crippen LogP contribution in [0.25, 0.3) is 16.7 Å². The van der Waals surface area contributed by atoms with Crippen LogP contribution in [0.15, 0.2) is 48.5 Å². The topological polar surface area (TPSA) is 95.3 Å². The Morgan fingerprint density at radius 1 is 1.11 bits per heavy atom. The Balaban J connectivity index is 1.58. The van der Waals surface area contributed by atoms with Crippen molar-refractivity contribution in [2.24, 2.45) is 0 Å². The molecule has 0 saturated heterocycles. The summed E-state index contributed by atoms with van der Waals surface area (Å²) in [5.41, 5.74) is 4.41. The number of nitrogens with one attached hydrogen (secondary N) is 1. The molecule has 0 bridgehead atoms. The number of anilines is 1. The number of methoxy groups -OCH3 is 1. The van der Waals surface area contributed by atoms with Crippen LogP contribution in [0, 0.1) is 19.7 Å². The van der Waals surface area contributed by atoms with Gasteiger partial charge in [0.25, 0.3) is 0 Å². The maximum absolute atomic E-state index is 13.8. The normalized spacial score (nSPS) is 10.9. The summed E-state index contributed by atoms with van der Waals surface area (Å²) < 4.78 is 26.0. The zero-order valence-electron chi connectivity index (χ0n) is 20.6. The van der Waals surface area contributed by atoms with Gasteiger partial charge in [0.1, 0.15) is 5.82 Å². The van der Waals surface area contributed by atoms with Crippen LogP contribution in [0.5, 0.6) is 5.88 Å². The average molecular weight is 491 g/mol. The number of nitrogens with zero attached hydrogens (tertiary/aromatic N) is 3. The van der Waals surface area contributed by atoms with Crippen molar-refractivity contribution in [3.05, 3.63) is 76.7 Å². The number of carbonyl (C=O) groups excluding carboxylic acids is 2. The van der Waals surface area contributed by atoms with Crippen LogP contribution < -0.4 is 10.1 Å². The lowest BCUT2D eigenvalue weighted by Gasteiger charge is -2.13. The van der Waals surface area contributed by atoms with E-state index in [2.05, 4.69) is 15.4 Å². The van der Waals surface area contributed by atoms with Crippen LogP contribution in [0.3, 0.4) is 0 Å². The molecule has 4 rings (SSSR count). The summed E-state index contributed by atoms with van der Waals surface area (Å²) >= 11 is 0. The highest BCUT2D eigenvalue weighted by molar-refractivity contribution is 5.94. The number of pyridine rings is 1. The third-order valence-electron chi connectivity index (χ3n) is 5.83. The number of hydrogen-bond acceptors (Lipinski definition) is 6. The Morgan fingerprint density at radius 3 is 2.61 bits per heavy atom. The van der Waals surface area contributed by atoms with Gasteiger partial charge in [-0.05, 0) is 69.2 Å². The zero-order chi connectivity index (χ0) is 25.8. The van der Waals surface area contributed by atoms with Crippen LogP contribution in [0.2, 0.25) is 0 Å². The average Bonchev–Trinajstić information content (AvgIpc) is 3.20. The largest absolute Gasteiger partial charge is 0.481 e. The van der Waals surface area contributed by atoms with Crippen molar-refractivity contribution in [3.8, 4) is 11.6 Å². The molecule has 0 saturated carbocycles. The van der Waals surface area contributed by atoms with Gasteiger partial charge in [-0.15, -0.1) is 0 Å². The molecule has 2 aromatic heterocycles. The summed E-state index contributed by atoms with van der Waals surface area (Å²) in [6.45, 7) is 5.81. The van der Waals surface area contributed by atoms with E-state index in [9.17, 15) is 14.0 Å². The predicted molar refractivity (Wildman–Crippen MR) is 134 cm³/mol. The number of esters is 1. The van der Waals surface area contributed by atoms with Crippen LogP contribution >= 0.6 is 0 Å². The lowest BCUT2D eigenvalue weighted by molar-refractivity contribution is -0.116. The molecule has 0 radical (unpaired) electrons. The Hall–Kier alpha value is -4.27. The van der Waals surface area contributed by atoms with Crippen LogP contribution in [-0.2, 0) is 16.0 Å². The van der Waals surface area contributed by atoms with Crippen LogP contribution in [0.1, 0.15) is 40.5 Å². The lowest BCUT2D eigenvalue weighted by atomic mass is 10.0. The van der Waals surface area contributed by atoms with E-state index in [4.69, 9.17) is 9.47 Å². The number of aromatic nitrogens is 3. The lowest BCUT2D eigenvalue weighted by Crippen LogP contribution is -2.14. The second-order valence-corrected chi connectivity index (χ2v) is 8.25. The van der Waals surface area contributed by atoms with Gasteiger partial charge in [0.05, 0.1) is 30.7 Å². The summed E-state index contributed by atoms with van der Waals surface area (Å²) in [5, 5.41) is 8.24. The number of aryl methyl sites for hydroxylation is 2. The molecule has 36 heavy (non-hydrogen) atoms. The van der Waals surface area contributed by atoms with Crippen molar-refractivity contribution < 1.29 is 23.5 Å². The number of rotatable bonds is 8. The summed E-state index contributed by atoms with van der Waals surface area (Å²) in [6, 6.07) is 12.8. The minimum atomic E-state index is -0.442. The molecule has 0 spiro atoms. The number of fused-ring (bicyclic) bond motifs is 1. The van der Waals surface area contributed by atoms with E-state index < -0.39 is 5.97 Å². The Bertz CT molecular complexity index is 1450. The third-order valence-corrected chi connectivity index (χ3v) is 5.83. The van der Waals surface area contributed by atoms with Gasteiger partial charge in [0.15, 0.2) is 5.65 Å². The molecule has 0 aliphatic rings. The molecule has 8 nitrogen and oxygen atoms in total. The van der Waals surface area contributed by atoms with Gasteiger partial charge in [-0.25, -0.2) is 13.9 Å². The summed E-state index contributed by atoms with van der Waals surface area (Å²) in [7, 11) is 1.52. The molecule has 2 aromatic carbocycles. The van der Waals surface area contributed by atoms with Gasteiger partial charge >= 0.3 is 5.97 Å². The van der Waals surface area contributed by atoms with E-state index in [1.54, 1.807) is 48.0 Å². The van der Waals surface area contributed by atoms with E-state index in [-0.39, 0.29) is 24.8 Å². The molecule has 1 N–H and O–H groups in total. The molecule has 0 unspecified atom stereocenters. The van der Waals surface area contributed by atoms with E-state index in [1.807, 2.05) is 13.8 Å². The van der Waals surface area contributed by atoms with Gasteiger partial charge in [0.2, 0.25) is 11.8 Å². The van der Waals surface area contributed by atoms with Crippen LogP contribution in [0.4, 0.5) is 10.1 Å². The van der Waals surface area contributed by atoms with Gasteiger partial charge in [-0.2, -0.15) is 10.1 Å². The molecule has 0 aliphatic heterocycles. The Morgan fingerprint density at radius 2 is 1.89 bits per heavy atom. The quantitative estimate of drug-likeness (QED) is 0.352. The van der Waals surface area contributed by atoms with Gasteiger partial charge in [0, 0.05) is 23.1 Å². The first-order chi connectivity index (χ1) is 17.3. The highest BCUT2D eigenvalue weighted by Gasteiger charge is 2.20. The van der Waals surface area contributed by atoms with Crippen molar-refractivity contribution in [2.75, 3.05) is 19.0 Å². The number of hydrogen-bond donors (Lipinski definition) is 1. The van der Waals surface area contributed by atoms with Gasteiger partial charge in [-0.1, -0.05) is 12.1 Å². The summed E-state index contributed by atoms with van der Waals surface area (Å²) in [4.78, 5) is 29.3. The maximum atomic E-state index is 13.8. The number of amides is 1. The molecular formula is C27H27FN4O4.